The van der Waals surface area contributed by atoms with Crippen LogP contribution in [0, 0.1) is 5.82 Å². The van der Waals surface area contributed by atoms with Gasteiger partial charge in [0, 0.05) is 35.9 Å². The molecule has 0 unspecified atom stereocenters. The van der Waals surface area contributed by atoms with Crippen molar-refractivity contribution in [2.75, 3.05) is 6.26 Å². The molecule has 7 nitrogen and oxygen atoms in total. The molecule has 158 valence electrons. The Morgan fingerprint density at radius 1 is 1.13 bits per heavy atom. The molecule has 1 N–H and O–H groups in total. The molecule has 3 aromatic heterocycles. The van der Waals surface area contributed by atoms with Crippen LogP contribution in [0.3, 0.4) is 0 Å². The minimum absolute atomic E-state index is 0.0498. The fourth-order valence-electron chi connectivity index (χ4n) is 3.32. The minimum Gasteiger partial charge on any atom is -0.345 e. The Labute approximate surface area is 178 Å². The molecule has 4 rings (SSSR count). The van der Waals surface area contributed by atoms with Gasteiger partial charge in [-0.1, -0.05) is 0 Å². The summed E-state index contributed by atoms with van der Waals surface area (Å²) in [4.78, 5) is 21.0. The molecule has 0 fully saturated rings. The van der Waals surface area contributed by atoms with Crippen LogP contribution in [-0.4, -0.2) is 35.1 Å². The van der Waals surface area contributed by atoms with Gasteiger partial charge < -0.3 is 9.88 Å². The SMILES string of the molecule is C[C@H](NC(=O)c1cncc2c1ccn2-c1ccc(F)cc1)c1ccnc(S(C)(=O)=O)c1. The van der Waals surface area contributed by atoms with E-state index in [0.717, 1.165) is 11.9 Å². The smallest absolute Gasteiger partial charge is 0.254 e. The summed E-state index contributed by atoms with van der Waals surface area (Å²) in [5.74, 6) is -0.678. The van der Waals surface area contributed by atoms with E-state index in [2.05, 4.69) is 15.3 Å². The van der Waals surface area contributed by atoms with Crippen molar-refractivity contribution in [3.8, 4) is 5.69 Å². The standard InChI is InChI=1S/C22H19FN4O3S/c1-14(15-7-9-25-21(11-15)31(2,29)30)26-22(28)19-12-24-13-20-18(19)8-10-27(20)17-5-3-16(23)4-6-17/h3-14H,1-2H3,(H,26,28)/t14-/m0/s1. The van der Waals surface area contributed by atoms with Gasteiger partial charge in [0.25, 0.3) is 5.91 Å². The van der Waals surface area contributed by atoms with E-state index in [1.807, 2.05) is 4.57 Å². The first-order chi connectivity index (χ1) is 14.7. The maximum atomic E-state index is 13.3. The van der Waals surface area contributed by atoms with E-state index in [-0.39, 0.29) is 16.8 Å². The van der Waals surface area contributed by atoms with Crippen LogP contribution in [0.15, 0.2) is 72.3 Å². The predicted octanol–water partition coefficient (Wildman–Crippen LogP) is 3.45. The first-order valence-corrected chi connectivity index (χ1v) is 11.3. The highest BCUT2D eigenvalue weighted by Crippen LogP contribution is 2.24. The number of sulfone groups is 1. The van der Waals surface area contributed by atoms with Crippen LogP contribution in [0.4, 0.5) is 4.39 Å². The van der Waals surface area contributed by atoms with Crippen LogP contribution in [0.2, 0.25) is 0 Å². The van der Waals surface area contributed by atoms with E-state index in [1.54, 1.807) is 43.6 Å². The zero-order valence-electron chi connectivity index (χ0n) is 16.8. The summed E-state index contributed by atoms with van der Waals surface area (Å²) in [6.45, 7) is 1.76. The van der Waals surface area contributed by atoms with Crippen molar-refractivity contribution in [2.45, 2.75) is 18.0 Å². The topological polar surface area (TPSA) is 93.9 Å². The number of amides is 1. The lowest BCUT2D eigenvalue weighted by Crippen LogP contribution is -2.27. The first-order valence-electron chi connectivity index (χ1n) is 9.42. The van der Waals surface area contributed by atoms with E-state index < -0.39 is 15.9 Å². The quantitative estimate of drug-likeness (QED) is 0.515. The van der Waals surface area contributed by atoms with Gasteiger partial charge in [-0.05, 0) is 55.0 Å². The number of benzene rings is 1. The highest BCUT2D eigenvalue weighted by atomic mass is 32.2. The Morgan fingerprint density at radius 2 is 1.87 bits per heavy atom. The van der Waals surface area contributed by atoms with E-state index in [0.29, 0.717) is 22.0 Å². The van der Waals surface area contributed by atoms with E-state index in [9.17, 15) is 17.6 Å². The lowest BCUT2D eigenvalue weighted by molar-refractivity contribution is 0.0941. The summed E-state index contributed by atoms with van der Waals surface area (Å²) in [5, 5.41) is 3.52. The number of carbonyl (C=O) groups excluding carboxylic acids is 1. The van der Waals surface area contributed by atoms with Gasteiger partial charge in [-0.25, -0.2) is 17.8 Å². The molecule has 0 radical (unpaired) electrons. The minimum atomic E-state index is -3.45. The Bertz CT molecular complexity index is 1380. The highest BCUT2D eigenvalue weighted by Gasteiger charge is 2.18. The molecule has 1 amide bonds. The van der Waals surface area contributed by atoms with Crippen LogP contribution < -0.4 is 5.32 Å². The van der Waals surface area contributed by atoms with Gasteiger partial charge in [-0.3, -0.25) is 9.78 Å². The third kappa shape index (κ3) is 4.17. The fourth-order valence-corrected chi connectivity index (χ4v) is 3.92. The summed E-state index contributed by atoms with van der Waals surface area (Å²) in [5.41, 5.74) is 2.44. The maximum Gasteiger partial charge on any atom is 0.254 e. The number of rotatable bonds is 5. The fraction of sp³-hybridized carbons (Fsp3) is 0.136. The molecule has 3 heterocycles. The maximum absolute atomic E-state index is 13.3. The van der Waals surface area contributed by atoms with Crippen LogP contribution in [0.1, 0.15) is 28.9 Å². The summed E-state index contributed by atoms with van der Waals surface area (Å²) in [6, 6.07) is 10.5. The summed E-state index contributed by atoms with van der Waals surface area (Å²) in [7, 11) is -3.45. The van der Waals surface area contributed by atoms with Gasteiger partial charge in [0.05, 0.1) is 23.3 Å². The first kappa shape index (κ1) is 20.7. The molecule has 0 bridgehead atoms. The van der Waals surface area contributed by atoms with Gasteiger partial charge >= 0.3 is 0 Å². The number of hydrogen-bond acceptors (Lipinski definition) is 5. The van der Waals surface area contributed by atoms with Crippen LogP contribution in [-0.2, 0) is 9.84 Å². The molecule has 0 aliphatic carbocycles. The molecule has 9 heteroatoms. The largest absolute Gasteiger partial charge is 0.345 e. The number of nitrogens with one attached hydrogen (secondary N) is 1. The molecule has 0 spiro atoms. The molecule has 0 saturated carbocycles. The molecule has 1 aromatic carbocycles. The number of halogens is 1. The molecular weight excluding hydrogens is 419 g/mol. The lowest BCUT2D eigenvalue weighted by atomic mass is 10.1. The van der Waals surface area contributed by atoms with Crippen molar-refractivity contribution < 1.29 is 17.6 Å². The van der Waals surface area contributed by atoms with Crippen molar-refractivity contribution >= 4 is 26.6 Å². The zero-order chi connectivity index (χ0) is 22.2. The Hall–Kier alpha value is -3.59. The summed E-state index contributed by atoms with van der Waals surface area (Å²) in [6.07, 6.45) is 7.40. The Morgan fingerprint density at radius 3 is 2.58 bits per heavy atom. The average Bonchev–Trinajstić information content (AvgIpc) is 3.18. The second kappa shape index (κ2) is 7.92. The molecule has 1 atom stereocenters. The number of fused-ring (bicyclic) bond motifs is 1. The number of aromatic nitrogens is 3. The lowest BCUT2D eigenvalue weighted by Gasteiger charge is -2.15. The Kier molecular flexibility index (Phi) is 5.28. The van der Waals surface area contributed by atoms with E-state index in [1.165, 1.54) is 30.6 Å². The third-order valence-electron chi connectivity index (χ3n) is 4.95. The van der Waals surface area contributed by atoms with Gasteiger partial charge in [0.2, 0.25) is 0 Å². The van der Waals surface area contributed by atoms with Gasteiger partial charge in [0.15, 0.2) is 14.9 Å². The van der Waals surface area contributed by atoms with Crippen molar-refractivity contribution in [2.24, 2.45) is 0 Å². The van der Waals surface area contributed by atoms with Crippen molar-refractivity contribution in [1.82, 2.24) is 19.9 Å². The second-order valence-electron chi connectivity index (χ2n) is 7.18. The van der Waals surface area contributed by atoms with Gasteiger partial charge in [-0.2, -0.15) is 0 Å². The summed E-state index contributed by atoms with van der Waals surface area (Å²) < 4.78 is 38.6. The molecule has 4 aromatic rings. The molecule has 0 saturated heterocycles. The third-order valence-corrected chi connectivity index (χ3v) is 5.94. The van der Waals surface area contributed by atoms with E-state index in [4.69, 9.17) is 0 Å². The van der Waals surface area contributed by atoms with Crippen LogP contribution in [0.25, 0.3) is 16.6 Å². The van der Waals surface area contributed by atoms with Gasteiger partial charge in [-0.15, -0.1) is 0 Å². The normalized spacial score (nSPS) is 12.6. The van der Waals surface area contributed by atoms with Gasteiger partial charge in [0.1, 0.15) is 5.82 Å². The van der Waals surface area contributed by atoms with Crippen molar-refractivity contribution in [3.63, 3.8) is 0 Å². The molecular formula is C22H19FN4O3S. The zero-order valence-corrected chi connectivity index (χ0v) is 17.6. The van der Waals surface area contributed by atoms with Crippen molar-refractivity contribution in [1.29, 1.82) is 0 Å². The average molecular weight is 438 g/mol. The molecule has 0 aliphatic rings. The predicted molar refractivity (Wildman–Crippen MR) is 114 cm³/mol. The number of carbonyl (C=O) groups is 1. The molecule has 0 aliphatic heterocycles. The monoisotopic (exact) mass is 438 g/mol. The second-order valence-corrected chi connectivity index (χ2v) is 9.14. The molecule has 31 heavy (non-hydrogen) atoms. The summed E-state index contributed by atoms with van der Waals surface area (Å²) >= 11 is 0. The van der Waals surface area contributed by atoms with Crippen molar-refractivity contribution in [3.05, 3.63) is 84.2 Å². The number of hydrogen-bond donors (Lipinski definition) is 1. The van der Waals surface area contributed by atoms with Crippen LogP contribution in [0.5, 0.6) is 0 Å². The number of pyridine rings is 2. The van der Waals surface area contributed by atoms with E-state index >= 15 is 0 Å². The van der Waals surface area contributed by atoms with Crippen LogP contribution >= 0.6 is 0 Å². The highest BCUT2D eigenvalue weighted by molar-refractivity contribution is 7.90. The number of nitrogens with zero attached hydrogens (tertiary/aromatic N) is 3. The Balaban J connectivity index is 1.63.